The van der Waals surface area contributed by atoms with Crippen LogP contribution in [-0.4, -0.2) is 36.5 Å². The Hall–Kier alpha value is -2.84. The second-order valence-corrected chi connectivity index (χ2v) is 9.48. The molecule has 1 heterocycles. The Labute approximate surface area is 184 Å². The van der Waals surface area contributed by atoms with E-state index in [4.69, 9.17) is 9.47 Å². The number of rotatable bonds is 9. The van der Waals surface area contributed by atoms with E-state index in [1.165, 1.54) is 4.31 Å². The third-order valence-corrected chi connectivity index (χ3v) is 6.76. The van der Waals surface area contributed by atoms with Crippen molar-refractivity contribution in [3.63, 3.8) is 0 Å². The van der Waals surface area contributed by atoms with Crippen molar-refractivity contribution in [2.45, 2.75) is 44.9 Å². The van der Waals surface area contributed by atoms with Crippen molar-refractivity contribution in [2.24, 2.45) is 0 Å². The van der Waals surface area contributed by atoms with E-state index < -0.39 is 10.0 Å². The van der Waals surface area contributed by atoms with Crippen LogP contribution in [0.1, 0.15) is 36.8 Å². The van der Waals surface area contributed by atoms with Crippen molar-refractivity contribution in [1.82, 2.24) is 13.9 Å². The van der Waals surface area contributed by atoms with Gasteiger partial charge >= 0.3 is 0 Å². The number of hydrogen-bond donors (Lipinski definition) is 0. The lowest BCUT2D eigenvalue weighted by atomic mass is 10.2. The summed E-state index contributed by atoms with van der Waals surface area (Å²) in [6, 6.07) is 14.9. The summed E-state index contributed by atoms with van der Waals surface area (Å²) in [6.45, 7) is 6.24. The number of methoxy groups -OCH3 is 2. The molecule has 0 unspecified atom stereocenters. The van der Waals surface area contributed by atoms with E-state index in [9.17, 15) is 8.42 Å². The molecule has 8 heteroatoms. The number of ether oxygens (including phenoxy) is 2. The first-order valence-electron chi connectivity index (χ1n) is 10.1. The summed E-state index contributed by atoms with van der Waals surface area (Å²) in [6.07, 6.45) is 1.62. The Kier molecular flexibility index (Phi) is 7.02. The minimum Gasteiger partial charge on any atom is -0.497 e. The molecule has 0 fully saturated rings. The van der Waals surface area contributed by atoms with Gasteiger partial charge in [0.2, 0.25) is 0 Å². The lowest BCUT2D eigenvalue weighted by Gasteiger charge is -2.21. The fraction of sp³-hybridized carbons (Fsp3) is 0.348. The van der Waals surface area contributed by atoms with E-state index in [1.54, 1.807) is 20.4 Å². The number of benzene rings is 2. The Balaban J connectivity index is 1.97. The van der Waals surface area contributed by atoms with Crippen LogP contribution in [0.15, 0.2) is 59.8 Å². The van der Waals surface area contributed by atoms with Gasteiger partial charge < -0.3 is 14.0 Å². The fourth-order valence-corrected chi connectivity index (χ4v) is 4.73. The van der Waals surface area contributed by atoms with E-state index in [0.29, 0.717) is 5.82 Å². The third kappa shape index (κ3) is 5.26. The fourth-order valence-electron chi connectivity index (χ4n) is 3.33. The Bertz CT molecular complexity index is 1060. The molecule has 0 aliphatic heterocycles. The minimum atomic E-state index is -3.83. The molecule has 0 saturated carbocycles. The second-order valence-electron chi connectivity index (χ2n) is 7.60. The lowest BCUT2D eigenvalue weighted by Crippen LogP contribution is -2.30. The number of aryl methyl sites for hydroxylation is 1. The molecular formula is C23H29N3O4S. The summed E-state index contributed by atoms with van der Waals surface area (Å²) < 4.78 is 40.9. The SMILES string of the molecule is COc1ccc(CN(Cc2ccc(OC)cc2)S(=O)(=O)c2cn(C(C)C)c(C)n2)cc1. The molecule has 2 aromatic carbocycles. The van der Waals surface area contributed by atoms with Crippen LogP contribution in [0.4, 0.5) is 0 Å². The van der Waals surface area contributed by atoms with Crippen LogP contribution in [0.3, 0.4) is 0 Å². The van der Waals surface area contributed by atoms with Crippen molar-refractivity contribution in [3.05, 3.63) is 71.7 Å². The molecule has 166 valence electrons. The van der Waals surface area contributed by atoms with Crippen LogP contribution in [0.5, 0.6) is 11.5 Å². The number of nitrogens with zero attached hydrogens (tertiary/aromatic N) is 3. The maximum atomic E-state index is 13.6. The molecule has 31 heavy (non-hydrogen) atoms. The van der Waals surface area contributed by atoms with Gasteiger partial charge in [0.15, 0.2) is 5.03 Å². The molecule has 3 rings (SSSR count). The highest BCUT2D eigenvalue weighted by Crippen LogP contribution is 2.24. The molecule has 0 atom stereocenters. The van der Waals surface area contributed by atoms with Gasteiger partial charge in [0.25, 0.3) is 10.0 Å². The van der Waals surface area contributed by atoms with Gasteiger partial charge in [-0.25, -0.2) is 13.4 Å². The van der Waals surface area contributed by atoms with E-state index >= 15 is 0 Å². The minimum absolute atomic E-state index is 0.0562. The van der Waals surface area contributed by atoms with Crippen molar-refractivity contribution in [1.29, 1.82) is 0 Å². The Morgan fingerprint density at radius 2 is 1.35 bits per heavy atom. The van der Waals surface area contributed by atoms with Gasteiger partial charge in [-0.1, -0.05) is 24.3 Å². The topological polar surface area (TPSA) is 73.7 Å². The molecule has 0 radical (unpaired) electrons. The van der Waals surface area contributed by atoms with Crippen LogP contribution in [0, 0.1) is 6.92 Å². The maximum Gasteiger partial charge on any atom is 0.262 e. The largest absolute Gasteiger partial charge is 0.497 e. The van der Waals surface area contributed by atoms with E-state index in [1.807, 2.05) is 73.9 Å². The van der Waals surface area contributed by atoms with Gasteiger partial charge in [0.05, 0.1) is 14.2 Å². The first-order valence-corrected chi connectivity index (χ1v) is 11.5. The van der Waals surface area contributed by atoms with Gasteiger partial charge in [0, 0.05) is 25.3 Å². The molecule has 0 aliphatic rings. The predicted octanol–water partition coefficient (Wildman–Crippen LogP) is 4.18. The standard InChI is InChI=1S/C23H29N3O4S/c1-17(2)26-16-23(24-18(26)3)31(27,28)25(14-19-6-10-21(29-4)11-7-19)15-20-8-12-22(30-5)13-9-20/h6-13,16-17H,14-15H2,1-5H3. The highest BCUT2D eigenvalue weighted by molar-refractivity contribution is 7.89. The Morgan fingerprint density at radius 3 is 1.71 bits per heavy atom. The van der Waals surface area contributed by atoms with Crippen molar-refractivity contribution in [2.75, 3.05) is 14.2 Å². The van der Waals surface area contributed by atoms with Crippen LogP contribution in [0.2, 0.25) is 0 Å². The van der Waals surface area contributed by atoms with Crippen LogP contribution in [0.25, 0.3) is 0 Å². The zero-order chi connectivity index (χ0) is 22.6. The first-order chi connectivity index (χ1) is 14.7. The summed E-state index contributed by atoms with van der Waals surface area (Å²) >= 11 is 0. The third-order valence-electron chi connectivity index (χ3n) is 5.09. The number of aromatic nitrogens is 2. The van der Waals surface area contributed by atoms with E-state index in [2.05, 4.69) is 4.98 Å². The number of hydrogen-bond acceptors (Lipinski definition) is 5. The maximum absolute atomic E-state index is 13.6. The summed E-state index contributed by atoms with van der Waals surface area (Å²) in [5, 5.41) is 0.0562. The van der Waals surface area contributed by atoms with Gasteiger partial charge in [-0.2, -0.15) is 4.31 Å². The van der Waals surface area contributed by atoms with E-state index in [0.717, 1.165) is 22.6 Å². The van der Waals surface area contributed by atoms with Gasteiger partial charge in [-0.05, 0) is 56.2 Å². The first kappa shape index (κ1) is 22.8. The summed E-state index contributed by atoms with van der Waals surface area (Å²) in [5.41, 5.74) is 1.72. The number of sulfonamides is 1. The van der Waals surface area contributed by atoms with Crippen LogP contribution in [-0.2, 0) is 23.1 Å². The molecule has 7 nitrogen and oxygen atoms in total. The zero-order valence-corrected chi connectivity index (χ0v) is 19.4. The highest BCUT2D eigenvalue weighted by atomic mass is 32.2. The molecule has 0 spiro atoms. The van der Waals surface area contributed by atoms with Gasteiger partial charge in [-0.3, -0.25) is 0 Å². The smallest absolute Gasteiger partial charge is 0.262 e. The highest BCUT2D eigenvalue weighted by Gasteiger charge is 2.28. The summed E-state index contributed by atoms with van der Waals surface area (Å²) in [4.78, 5) is 4.36. The van der Waals surface area contributed by atoms with Crippen molar-refractivity contribution in [3.8, 4) is 11.5 Å². The normalized spacial score (nSPS) is 11.8. The van der Waals surface area contributed by atoms with Crippen LogP contribution >= 0.6 is 0 Å². The van der Waals surface area contributed by atoms with Gasteiger partial charge in [0.1, 0.15) is 17.3 Å². The molecule has 0 N–H and O–H groups in total. The average Bonchev–Trinajstić information content (AvgIpc) is 3.17. The molecule has 0 bridgehead atoms. The summed E-state index contributed by atoms with van der Waals surface area (Å²) in [7, 11) is -0.625. The lowest BCUT2D eigenvalue weighted by molar-refractivity contribution is 0.396. The number of imidazole rings is 1. The second kappa shape index (κ2) is 9.53. The molecule has 0 amide bonds. The van der Waals surface area contributed by atoms with Gasteiger partial charge in [-0.15, -0.1) is 0 Å². The molecular weight excluding hydrogens is 414 g/mol. The molecule has 0 saturated heterocycles. The Morgan fingerprint density at radius 1 is 0.903 bits per heavy atom. The van der Waals surface area contributed by atoms with E-state index in [-0.39, 0.29) is 24.2 Å². The molecule has 0 aliphatic carbocycles. The molecule has 3 aromatic rings. The van der Waals surface area contributed by atoms with Crippen molar-refractivity contribution >= 4 is 10.0 Å². The monoisotopic (exact) mass is 443 g/mol. The molecule has 1 aromatic heterocycles. The van der Waals surface area contributed by atoms with Crippen molar-refractivity contribution < 1.29 is 17.9 Å². The quantitative estimate of drug-likeness (QED) is 0.496. The average molecular weight is 444 g/mol. The zero-order valence-electron chi connectivity index (χ0n) is 18.6. The predicted molar refractivity (Wildman–Crippen MR) is 120 cm³/mol. The summed E-state index contributed by atoms with van der Waals surface area (Å²) in [5.74, 6) is 2.11. The van der Waals surface area contributed by atoms with Crippen LogP contribution < -0.4 is 9.47 Å².